The lowest BCUT2D eigenvalue weighted by molar-refractivity contribution is -0.118. The fraction of sp³-hybridized carbons (Fsp3) is 0.222. The molecule has 0 bridgehead atoms. The molecule has 8 nitrogen and oxygen atoms in total. The van der Waals surface area contributed by atoms with Gasteiger partial charge in [-0.3, -0.25) is 19.6 Å². The van der Waals surface area contributed by atoms with Gasteiger partial charge in [0.25, 0.3) is 11.8 Å². The second-order valence-corrected chi connectivity index (χ2v) is 7.07. The summed E-state index contributed by atoms with van der Waals surface area (Å²) < 4.78 is 7.04. The molecule has 1 aliphatic rings. The molecule has 0 saturated heterocycles. The number of fused-ring (bicyclic) bond motifs is 1. The van der Waals surface area contributed by atoms with E-state index in [2.05, 4.69) is 20.7 Å². The SMILES string of the molecule is Cc1nn(C)c(C)c1C(=O)Nc1nc(-c2ccc3c(c2)NC(=O)CO3)cs1. The number of thiazole rings is 1. The molecule has 0 fully saturated rings. The van der Waals surface area contributed by atoms with Crippen molar-refractivity contribution in [1.82, 2.24) is 14.8 Å². The molecule has 27 heavy (non-hydrogen) atoms. The van der Waals surface area contributed by atoms with E-state index >= 15 is 0 Å². The first-order valence-corrected chi connectivity index (χ1v) is 9.14. The first kappa shape index (κ1) is 17.2. The van der Waals surface area contributed by atoms with Crippen LogP contribution in [0.3, 0.4) is 0 Å². The number of benzene rings is 1. The van der Waals surface area contributed by atoms with E-state index in [9.17, 15) is 9.59 Å². The Hall–Kier alpha value is -3.20. The van der Waals surface area contributed by atoms with Gasteiger partial charge in [0.05, 0.1) is 22.6 Å². The van der Waals surface area contributed by atoms with Gasteiger partial charge in [0.1, 0.15) is 5.75 Å². The van der Waals surface area contributed by atoms with Crippen LogP contribution in [0, 0.1) is 13.8 Å². The van der Waals surface area contributed by atoms with Crippen molar-refractivity contribution < 1.29 is 14.3 Å². The second kappa shape index (κ2) is 6.51. The highest BCUT2D eigenvalue weighted by Crippen LogP contribution is 2.33. The van der Waals surface area contributed by atoms with Gasteiger partial charge in [-0.05, 0) is 32.0 Å². The molecule has 1 aromatic carbocycles. The number of ether oxygens (including phenoxy) is 1. The Kier molecular flexibility index (Phi) is 4.15. The van der Waals surface area contributed by atoms with Crippen molar-refractivity contribution >= 4 is 34.0 Å². The molecule has 0 atom stereocenters. The molecular weight excluding hydrogens is 366 g/mol. The Morgan fingerprint density at radius 2 is 2.19 bits per heavy atom. The number of aryl methyl sites for hydroxylation is 2. The molecule has 3 heterocycles. The van der Waals surface area contributed by atoms with E-state index < -0.39 is 0 Å². The van der Waals surface area contributed by atoms with Crippen LogP contribution in [0.2, 0.25) is 0 Å². The van der Waals surface area contributed by atoms with Gasteiger partial charge in [-0.15, -0.1) is 11.3 Å². The number of aromatic nitrogens is 3. The quantitative estimate of drug-likeness (QED) is 0.725. The van der Waals surface area contributed by atoms with Crippen LogP contribution in [0.15, 0.2) is 23.6 Å². The normalized spacial score (nSPS) is 12.9. The molecule has 4 rings (SSSR count). The van der Waals surface area contributed by atoms with Gasteiger partial charge in [0.15, 0.2) is 11.7 Å². The van der Waals surface area contributed by atoms with Crippen molar-refractivity contribution in [2.24, 2.45) is 7.05 Å². The number of anilines is 2. The molecule has 2 amide bonds. The van der Waals surface area contributed by atoms with Gasteiger partial charge < -0.3 is 10.1 Å². The van der Waals surface area contributed by atoms with E-state index in [-0.39, 0.29) is 18.4 Å². The summed E-state index contributed by atoms with van der Waals surface area (Å²) >= 11 is 1.33. The molecule has 0 spiro atoms. The Labute approximate surface area is 159 Å². The van der Waals surface area contributed by atoms with Crippen molar-refractivity contribution in [2.75, 3.05) is 17.2 Å². The van der Waals surface area contributed by atoms with Crippen LogP contribution in [0.4, 0.5) is 10.8 Å². The molecule has 0 unspecified atom stereocenters. The summed E-state index contributed by atoms with van der Waals surface area (Å²) in [6.07, 6.45) is 0. The van der Waals surface area contributed by atoms with Crippen molar-refractivity contribution in [2.45, 2.75) is 13.8 Å². The van der Waals surface area contributed by atoms with E-state index in [0.717, 1.165) is 11.3 Å². The van der Waals surface area contributed by atoms with Crippen molar-refractivity contribution in [3.8, 4) is 17.0 Å². The Balaban J connectivity index is 1.56. The fourth-order valence-electron chi connectivity index (χ4n) is 2.97. The molecule has 138 valence electrons. The molecule has 9 heteroatoms. The van der Waals surface area contributed by atoms with Gasteiger partial charge in [-0.25, -0.2) is 4.98 Å². The number of nitrogens with zero attached hydrogens (tertiary/aromatic N) is 3. The van der Waals surface area contributed by atoms with Crippen LogP contribution in [-0.2, 0) is 11.8 Å². The first-order valence-electron chi connectivity index (χ1n) is 8.26. The minimum atomic E-state index is -0.231. The Morgan fingerprint density at radius 1 is 1.37 bits per heavy atom. The zero-order valence-electron chi connectivity index (χ0n) is 15.0. The average molecular weight is 383 g/mol. The monoisotopic (exact) mass is 383 g/mol. The summed E-state index contributed by atoms with van der Waals surface area (Å²) in [5.41, 5.74) is 4.18. The lowest BCUT2D eigenvalue weighted by Gasteiger charge is -2.18. The third-order valence-corrected chi connectivity index (χ3v) is 5.13. The van der Waals surface area contributed by atoms with Crippen LogP contribution in [0.25, 0.3) is 11.3 Å². The van der Waals surface area contributed by atoms with E-state index in [1.807, 2.05) is 24.4 Å². The van der Waals surface area contributed by atoms with E-state index in [1.54, 1.807) is 24.7 Å². The number of amides is 2. The lowest BCUT2D eigenvalue weighted by atomic mass is 10.1. The average Bonchev–Trinajstić information content (AvgIpc) is 3.18. The predicted octanol–water partition coefficient (Wildman–Crippen LogP) is 2.74. The summed E-state index contributed by atoms with van der Waals surface area (Å²) in [4.78, 5) is 28.6. The largest absolute Gasteiger partial charge is 0.482 e. The summed E-state index contributed by atoms with van der Waals surface area (Å²) in [6.45, 7) is 3.68. The molecule has 2 aromatic heterocycles. The molecule has 0 radical (unpaired) electrons. The molecular formula is C18H17N5O3S. The van der Waals surface area contributed by atoms with Crippen molar-refractivity contribution in [1.29, 1.82) is 0 Å². The summed E-state index contributed by atoms with van der Waals surface area (Å²) in [6, 6.07) is 5.47. The summed E-state index contributed by atoms with van der Waals surface area (Å²) in [5.74, 6) is 0.211. The third kappa shape index (κ3) is 3.17. The number of rotatable bonds is 3. The lowest BCUT2D eigenvalue weighted by Crippen LogP contribution is -2.25. The van der Waals surface area contributed by atoms with Crippen molar-refractivity contribution in [3.63, 3.8) is 0 Å². The summed E-state index contributed by atoms with van der Waals surface area (Å²) in [7, 11) is 1.80. The Bertz CT molecular complexity index is 1070. The highest BCUT2D eigenvalue weighted by Gasteiger charge is 2.20. The zero-order valence-corrected chi connectivity index (χ0v) is 15.8. The van der Waals surface area contributed by atoms with Gasteiger partial charge >= 0.3 is 0 Å². The third-order valence-electron chi connectivity index (χ3n) is 4.37. The van der Waals surface area contributed by atoms with Crippen molar-refractivity contribution in [3.05, 3.63) is 40.5 Å². The smallest absolute Gasteiger partial charge is 0.262 e. The van der Waals surface area contributed by atoms with Gasteiger partial charge in [0, 0.05) is 23.7 Å². The van der Waals surface area contributed by atoms with Crippen LogP contribution in [0.5, 0.6) is 5.75 Å². The van der Waals surface area contributed by atoms with E-state index in [0.29, 0.717) is 33.5 Å². The first-order chi connectivity index (χ1) is 12.9. The standard InChI is InChI=1S/C18H17N5O3S/c1-9-16(10(2)23(3)22-9)17(25)21-18-20-13(8-27-18)11-4-5-14-12(6-11)19-15(24)7-26-14/h4-6,8H,7H2,1-3H3,(H,19,24)(H,20,21,25). The maximum atomic E-state index is 12.6. The molecule has 1 aliphatic heterocycles. The highest BCUT2D eigenvalue weighted by atomic mass is 32.1. The maximum absolute atomic E-state index is 12.6. The topological polar surface area (TPSA) is 98.1 Å². The zero-order chi connectivity index (χ0) is 19.1. The van der Waals surface area contributed by atoms with E-state index in [4.69, 9.17) is 4.74 Å². The van der Waals surface area contributed by atoms with Crippen LogP contribution in [-0.4, -0.2) is 33.2 Å². The highest BCUT2D eigenvalue weighted by molar-refractivity contribution is 7.14. The molecule has 0 aliphatic carbocycles. The minimum absolute atomic E-state index is 0.0202. The Morgan fingerprint density at radius 3 is 2.93 bits per heavy atom. The summed E-state index contributed by atoms with van der Waals surface area (Å²) in [5, 5.41) is 12.2. The van der Waals surface area contributed by atoms with Crippen LogP contribution in [0.1, 0.15) is 21.7 Å². The number of carbonyl (C=O) groups excluding carboxylic acids is 2. The molecule has 2 N–H and O–H groups in total. The van der Waals surface area contributed by atoms with Gasteiger partial charge in [-0.1, -0.05) is 0 Å². The van der Waals surface area contributed by atoms with Gasteiger partial charge in [-0.2, -0.15) is 5.10 Å². The van der Waals surface area contributed by atoms with Crippen LogP contribution >= 0.6 is 11.3 Å². The number of nitrogens with one attached hydrogen (secondary N) is 2. The number of carbonyl (C=O) groups is 2. The molecule has 3 aromatic rings. The van der Waals surface area contributed by atoms with Gasteiger partial charge in [0.2, 0.25) is 0 Å². The van der Waals surface area contributed by atoms with Crippen LogP contribution < -0.4 is 15.4 Å². The maximum Gasteiger partial charge on any atom is 0.262 e. The number of hydrogen-bond donors (Lipinski definition) is 2. The number of hydrogen-bond acceptors (Lipinski definition) is 6. The minimum Gasteiger partial charge on any atom is -0.482 e. The predicted molar refractivity (Wildman–Crippen MR) is 102 cm³/mol. The second-order valence-electron chi connectivity index (χ2n) is 6.21. The van der Waals surface area contributed by atoms with E-state index in [1.165, 1.54) is 11.3 Å². The molecule has 0 saturated carbocycles. The fourth-order valence-corrected chi connectivity index (χ4v) is 3.68.